The van der Waals surface area contributed by atoms with Crippen molar-refractivity contribution in [2.24, 2.45) is 0 Å². The number of anilines is 1. The summed E-state index contributed by atoms with van der Waals surface area (Å²) in [5.74, 6) is 0.414. The number of nitrogens with one attached hydrogen (secondary N) is 1. The molecule has 5 heteroatoms. The third-order valence-electron chi connectivity index (χ3n) is 3.25. The van der Waals surface area contributed by atoms with Gasteiger partial charge in [0, 0.05) is 0 Å². The van der Waals surface area contributed by atoms with Crippen LogP contribution in [0.2, 0.25) is 0 Å². The minimum Gasteiger partial charge on any atom is -0.492 e. The number of hydrogen-bond acceptors (Lipinski definition) is 4. The molecule has 0 unspecified atom stereocenters. The van der Waals surface area contributed by atoms with Crippen LogP contribution in [0.3, 0.4) is 0 Å². The van der Waals surface area contributed by atoms with E-state index in [1.165, 1.54) is 11.3 Å². The van der Waals surface area contributed by atoms with Gasteiger partial charge >= 0.3 is 0 Å². The van der Waals surface area contributed by atoms with E-state index in [-0.39, 0.29) is 5.91 Å². The molecule has 0 fully saturated rings. The zero-order chi connectivity index (χ0) is 16.1. The Bertz CT molecular complexity index is 800. The van der Waals surface area contributed by atoms with Crippen LogP contribution in [0.15, 0.2) is 60.1 Å². The quantitative estimate of drug-likeness (QED) is 0.754. The van der Waals surface area contributed by atoms with Crippen molar-refractivity contribution in [1.29, 1.82) is 0 Å². The van der Waals surface area contributed by atoms with Gasteiger partial charge in [-0.15, -0.1) is 11.3 Å². The topological polar surface area (TPSA) is 51.2 Å². The molecule has 3 rings (SSSR count). The Balaban J connectivity index is 1.87. The summed E-state index contributed by atoms with van der Waals surface area (Å²) in [5.41, 5.74) is 3.74. The minimum absolute atomic E-state index is 0.239. The van der Waals surface area contributed by atoms with Crippen LogP contribution in [-0.4, -0.2) is 17.5 Å². The van der Waals surface area contributed by atoms with E-state index in [0.717, 1.165) is 10.4 Å². The largest absolute Gasteiger partial charge is 0.492 e. The monoisotopic (exact) mass is 324 g/mol. The van der Waals surface area contributed by atoms with Gasteiger partial charge in [0.1, 0.15) is 11.4 Å². The van der Waals surface area contributed by atoms with Crippen LogP contribution in [0.4, 0.5) is 5.69 Å². The molecule has 0 aliphatic carbocycles. The van der Waals surface area contributed by atoms with Gasteiger partial charge in [0.2, 0.25) is 0 Å². The highest BCUT2D eigenvalue weighted by Gasteiger charge is 2.17. The maximum atomic E-state index is 12.6. The lowest BCUT2D eigenvalue weighted by molar-refractivity contribution is 0.102. The lowest BCUT2D eigenvalue weighted by atomic mass is 10.1. The van der Waals surface area contributed by atoms with Gasteiger partial charge in [-0.2, -0.15) is 0 Å². The van der Waals surface area contributed by atoms with Crippen molar-refractivity contribution in [3.63, 3.8) is 0 Å². The van der Waals surface area contributed by atoms with Gasteiger partial charge in [-0.25, -0.2) is 4.98 Å². The fourth-order valence-electron chi connectivity index (χ4n) is 2.24. The number of thiazole rings is 1. The number of amides is 1. The molecule has 0 radical (unpaired) electrons. The highest BCUT2D eigenvalue weighted by atomic mass is 32.1. The number of carbonyl (C=O) groups excluding carboxylic acids is 1. The second kappa shape index (κ2) is 7.07. The molecule has 1 N–H and O–H groups in total. The number of benzene rings is 2. The first-order chi connectivity index (χ1) is 11.3. The minimum atomic E-state index is -0.239. The zero-order valence-electron chi connectivity index (χ0n) is 12.7. The molecule has 0 bridgehead atoms. The lowest BCUT2D eigenvalue weighted by Gasteiger charge is -2.11. The molecule has 0 saturated carbocycles. The Morgan fingerprint density at radius 2 is 1.87 bits per heavy atom. The van der Waals surface area contributed by atoms with Crippen LogP contribution in [0.25, 0.3) is 10.4 Å². The normalized spacial score (nSPS) is 10.3. The number of hydrogen-bond donors (Lipinski definition) is 1. The maximum absolute atomic E-state index is 12.6. The lowest BCUT2D eigenvalue weighted by Crippen LogP contribution is -2.14. The van der Waals surface area contributed by atoms with Crippen LogP contribution in [0, 0.1) is 0 Å². The van der Waals surface area contributed by atoms with Gasteiger partial charge in [0.25, 0.3) is 5.91 Å². The SMILES string of the molecule is CCOc1ccccc1NC(=O)c1ncsc1-c1ccccc1. The molecule has 0 spiro atoms. The van der Waals surface area contributed by atoms with E-state index in [2.05, 4.69) is 10.3 Å². The van der Waals surface area contributed by atoms with Gasteiger partial charge < -0.3 is 10.1 Å². The standard InChI is InChI=1S/C18H16N2O2S/c1-2-22-15-11-7-6-10-14(15)20-18(21)16-17(23-12-19-16)13-8-4-3-5-9-13/h3-12H,2H2,1H3,(H,20,21). The number of rotatable bonds is 5. The highest BCUT2D eigenvalue weighted by Crippen LogP contribution is 2.29. The van der Waals surface area contributed by atoms with E-state index in [1.54, 1.807) is 5.51 Å². The summed E-state index contributed by atoms with van der Waals surface area (Å²) in [6.07, 6.45) is 0. The summed E-state index contributed by atoms with van der Waals surface area (Å²) in [6.45, 7) is 2.45. The summed E-state index contributed by atoms with van der Waals surface area (Å²) in [4.78, 5) is 17.7. The Labute approximate surface area is 138 Å². The van der Waals surface area contributed by atoms with Crippen LogP contribution in [0.1, 0.15) is 17.4 Å². The Morgan fingerprint density at radius 3 is 2.65 bits per heavy atom. The first kappa shape index (κ1) is 15.2. The Morgan fingerprint density at radius 1 is 1.13 bits per heavy atom. The van der Waals surface area contributed by atoms with Crippen LogP contribution >= 0.6 is 11.3 Å². The molecule has 116 valence electrons. The average molecular weight is 324 g/mol. The fourth-order valence-corrected chi connectivity index (χ4v) is 3.03. The van der Waals surface area contributed by atoms with E-state index >= 15 is 0 Å². The molecule has 1 aromatic heterocycles. The summed E-state index contributed by atoms with van der Waals surface area (Å²) < 4.78 is 5.54. The van der Waals surface area contributed by atoms with Crippen LogP contribution in [-0.2, 0) is 0 Å². The smallest absolute Gasteiger partial charge is 0.275 e. The summed E-state index contributed by atoms with van der Waals surface area (Å²) in [6, 6.07) is 17.2. The molecule has 3 aromatic rings. The Hall–Kier alpha value is -2.66. The third-order valence-corrected chi connectivity index (χ3v) is 4.13. The van der Waals surface area contributed by atoms with Gasteiger partial charge in [0.15, 0.2) is 0 Å². The van der Waals surface area contributed by atoms with Crippen molar-refractivity contribution in [2.75, 3.05) is 11.9 Å². The number of ether oxygens (including phenoxy) is 1. The molecule has 0 atom stereocenters. The molecule has 1 heterocycles. The molecule has 0 aliphatic heterocycles. The Kier molecular flexibility index (Phi) is 4.68. The second-order valence-corrected chi connectivity index (χ2v) is 5.63. The van der Waals surface area contributed by atoms with Gasteiger partial charge in [-0.1, -0.05) is 42.5 Å². The highest BCUT2D eigenvalue weighted by molar-refractivity contribution is 7.13. The summed E-state index contributed by atoms with van der Waals surface area (Å²) in [7, 11) is 0. The molecule has 0 saturated heterocycles. The van der Waals surface area contributed by atoms with Crippen molar-refractivity contribution in [1.82, 2.24) is 4.98 Å². The second-order valence-electron chi connectivity index (χ2n) is 4.78. The summed E-state index contributed by atoms with van der Waals surface area (Å²) >= 11 is 1.45. The molecule has 2 aromatic carbocycles. The van der Waals surface area contributed by atoms with Crippen molar-refractivity contribution in [2.45, 2.75) is 6.92 Å². The van der Waals surface area contributed by atoms with Gasteiger partial charge in [-0.05, 0) is 24.6 Å². The van der Waals surface area contributed by atoms with Gasteiger partial charge in [-0.3, -0.25) is 4.79 Å². The number of carbonyl (C=O) groups is 1. The molecular formula is C18H16N2O2S. The predicted octanol–water partition coefficient (Wildman–Crippen LogP) is 4.46. The molecule has 4 nitrogen and oxygen atoms in total. The maximum Gasteiger partial charge on any atom is 0.275 e. The van der Waals surface area contributed by atoms with Crippen molar-refractivity contribution < 1.29 is 9.53 Å². The van der Waals surface area contributed by atoms with E-state index in [1.807, 2.05) is 61.5 Å². The van der Waals surface area contributed by atoms with Crippen LogP contribution < -0.4 is 10.1 Å². The molecule has 1 amide bonds. The average Bonchev–Trinajstić information content (AvgIpc) is 3.07. The molecular weight excluding hydrogens is 308 g/mol. The fraction of sp³-hybridized carbons (Fsp3) is 0.111. The van der Waals surface area contributed by atoms with Gasteiger partial charge in [0.05, 0.1) is 22.7 Å². The van der Waals surface area contributed by atoms with E-state index < -0.39 is 0 Å². The predicted molar refractivity (Wildman–Crippen MR) is 93.1 cm³/mol. The first-order valence-corrected chi connectivity index (χ1v) is 8.19. The number of nitrogens with zero attached hydrogens (tertiary/aromatic N) is 1. The molecule has 0 aliphatic rings. The van der Waals surface area contributed by atoms with E-state index in [4.69, 9.17) is 4.74 Å². The van der Waals surface area contributed by atoms with Crippen molar-refractivity contribution >= 4 is 22.9 Å². The molecule has 23 heavy (non-hydrogen) atoms. The number of para-hydroxylation sites is 2. The number of aromatic nitrogens is 1. The van der Waals surface area contributed by atoms with Crippen LogP contribution in [0.5, 0.6) is 5.75 Å². The summed E-state index contributed by atoms with van der Waals surface area (Å²) in [5, 5.41) is 2.89. The third kappa shape index (κ3) is 3.40. The zero-order valence-corrected chi connectivity index (χ0v) is 13.5. The van der Waals surface area contributed by atoms with Crippen molar-refractivity contribution in [3.8, 4) is 16.2 Å². The van der Waals surface area contributed by atoms with E-state index in [0.29, 0.717) is 23.7 Å². The first-order valence-electron chi connectivity index (χ1n) is 7.31. The van der Waals surface area contributed by atoms with E-state index in [9.17, 15) is 4.79 Å². The van der Waals surface area contributed by atoms with Crippen molar-refractivity contribution in [3.05, 3.63) is 65.8 Å².